The number of aromatic nitrogens is 1. The summed E-state index contributed by atoms with van der Waals surface area (Å²) < 4.78 is 20.7. The van der Waals surface area contributed by atoms with Crippen LogP contribution in [-0.4, -0.2) is 24.1 Å². The average molecular weight is 335 g/mol. The summed E-state index contributed by atoms with van der Waals surface area (Å²) in [6.07, 6.45) is -0.482. The molecule has 5 heteroatoms. The summed E-state index contributed by atoms with van der Waals surface area (Å²) in [6, 6.07) is 12.0. The van der Waals surface area contributed by atoms with E-state index in [1.165, 1.54) is 10.6 Å². The standard InChI is InChI=1S/C20H19BFNO2/c1-12-9-13(5-7-16(12)22)18-11-14-10-15(21)6-8-17(14)23(18)19(24)25-20(2,3)4/h5-11H,1-4H3. The highest BCUT2D eigenvalue weighted by Crippen LogP contribution is 2.30. The lowest BCUT2D eigenvalue weighted by molar-refractivity contribution is 0.0547. The second-order valence-corrected chi connectivity index (χ2v) is 7.13. The van der Waals surface area contributed by atoms with Crippen molar-refractivity contribution in [1.29, 1.82) is 0 Å². The van der Waals surface area contributed by atoms with E-state index in [0.717, 1.165) is 10.9 Å². The summed E-state index contributed by atoms with van der Waals surface area (Å²) in [7, 11) is 5.87. The first kappa shape index (κ1) is 17.3. The Balaban J connectivity index is 2.24. The molecule has 3 aromatic rings. The number of fused-ring (bicyclic) bond motifs is 1. The smallest absolute Gasteiger partial charge is 0.419 e. The van der Waals surface area contributed by atoms with Gasteiger partial charge < -0.3 is 4.74 Å². The van der Waals surface area contributed by atoms with Crippen molar-refractivity contribution in [3.63, 3.8) is 0 Å². The van der Waals surface area contributed by atoms with Gasteiger partial charge in [-0.25, -0.2) is 13.8 Å². The molecule has 0 unspecified atom stereocenters. The van der Waals surface area contributed by atoms with Gasteiger partial charge in [0.1, 0.15) is 19.3 Å². The maximum atomic E-state index is 13.6. The minimum Gasteiger partial charge on any atom is -0.443 e. The van der Waals surface area contributed by atoms with E-state index in [1.54, 1.807) is 37.3 Å². The van der Waals surface area contributed by atoms with Gasteiger partial charge in [0.25, 0.3) is 0 Å². The lowest BCUT2D eigenvalue weighted by Gasteiger charge is -2.21. The van der Waals surface area contributed by atoms with Crippen molar-refractivity contribution in [3.05, 3.63) is 53.8 Å². The summed E-state index contributed by atoms with van der Waals surface area (Å²) in [6.45, 7) is 7.14. The Labute approximate surface area is 147 Å². The molecule has 0 aliphatic carbocycles. The molecule has 3 rings (SSSR count). The Bertz CT molecular complexity index is 970. The highest BCUT2D eigenvalue weighted by atomic mass is 19.1. The van der Waals surface area contributed by atoms with Gasteiger partial charge in [-0.3, -0.25) is 0 Å². The zero-order valence-electron chi connectivity index (χ0n) is 14.8. The van der Waals surface area contributed by atoms with E-state index in [9.17, 15) is 9.18 Å². The molecule has 0 aliphatic heterocycles. The second kappa shape index (κ2) is 6.06. The van der Waals surface area contributed by atoms with Gasteiger partial charge in [-0.05, 0) is 69.2 Å². The van der Waals surface area contributed by atoms with Crippen LogP contribution in [0.25, 0.3) is 22.2 Å². The number of carbonyl (C=O) groups is 1. The molecule has 1 aromatic heterocycles. The van der Waals surface area contributed by atoms with Crippen molar-refractivity contribution < 1.29 is 13.9 Å². The Hall–Kier alpha value is -2.56. The number of ether oxygens (including phenoxy) is 1. The highest BCUT2D eigenvalue weighted by Gasteiger charge is 2.23. The fraction of sp³-hybridized carbons (Fsp3) is 0.250. The van der Waals surface area contributed by atoms with E-state index in [0.29, 0.717) is 22.2 Å². The van der Waals surface area contributed by atoms with E-state index in [1.807, 2.05) is 26.8 Å². The number of benzene rings is 2. The number of carbonyl (C=O) groups excluding carboxylic acids is 1. The fourth-order valence-corrected chi connectivity index (χ4v) is 2.75. The van der Waals surface area contributed by atoms with Gasteiger partial charge in [-0.1, -0.05) is 17.6 Å². The molecule has 0 aliphatic rings. The van der Waals surface area contributed by atoms with Crippen LogP contribution in [0, 0.1) is 12.7 Å². The second-order valence-electron chi connectivity index (χ2n) is 7.13. The fourth-order valence-electron chi connectivity index (χ4n) is 2.75. The first-order valence-electron chi connectivity index (χ1n) is 8.06. The Morgan fingerprint density at radius 1 is 1.12 bits per heavy atom. The molecule has 25 heavy (non-hydrogen) atoms. The van der Waals surface area contributed by atoms with Gasteiger partial charge in [-0.15, -0.1) is 0 Å². The van der Waals surface area contributed by atoms with Crippen LogP contribution in [0.5, 0.6) is 0 Å². The summed E-state index contributed by atoms with van der Waals surface area (Å²) >= 11 is 0. The minimum atomic E-state index is -0.628. The molecule has 0 N–H and O–H groups in total. The van der Waals surface area contributed by atoms with Gasteiger partial charge in [0, 0.05) is 5.39 Å². The summed E-state index contributed by atoms with van der Waals surface area (Å²) in [5.41, 5.74) is 2.56. The van der Waals surface area contributed by atoms with Crippen LogP contribution in [0.2, 0.25) is 0 Å². The van der Waals surface area contributed by atoms with Gasteiger partial charge in [0.05, 0.1) is 11.2 Å². The van der Waals surface area contributed by atoms with Crippen LogP contribution in [0.3, 0.4) is 0 Å². The maximum absolute atomic E-state index is 13.6. The molecule has 0 saturated carbocycles. The number of aryl methyl sites for hydroxylation is 1. The Kier molecular flexibility index (Phi) is 4.19. The molecule has 0 bridgehead atoms. The largest absolute Gasteiger partial charge is 0.443 e. The molecule has 1 heterocycles. The number of rotatable bonds is 1. The highest BCUT2D eigenvalue weighted by molar-refractivity contribution is 6.33. The molecule has 126 valence electrons. The minimum absolute atomic E-state index is 0.284. The predicted molar refractivity (Wildman–Crippen MR) is 99.1 cm³/mol. The maximum Gasteiger partial charge on any atom is 0.419 e. The van der Waals surface area contributed by atoms with Crippen molar-refractivity contribution >= 4 is 30.3 Å². The summed E-state index contributed by atoms with van der Waals surface area (Å²) in [5.74, 6) is -0.284. The summed E-state index contributed by atoms with van der Waals surface area (Å²) in [5, 5.41) is 0.822. The molecule has 3 nitrogen and oxygen atoms in total. The third kappa shape index (κ3) is 3.45. The predicted octanol–water partition coefficient (Wildman–Crippen LogP) is 4.33. The molecular weight excluding hydrogens is 316 g/mol. The van der Waals surface area contributed by atoms with Crippen molar-refractivity contribution in [3.8, 4) is 11.3 Å². The van der Waals surface area contributed by atoms with E-state index < -0.39 is 11.7 Å². The normalized spacial score (nSPS) is 11.7. The van der Waals surface area contributed by atoms with E-state index in [4.69, 9.17) is 12.6 Å². The monoisotopic (exact) mass is 335 g/mol. The molecule has 0 atom stereocenters. The number of hydrogen-bond acceptors (Lipinski definition) is 2. The lowest BCUT2D eigenvalue weighted by atomic mass is 9.95. The van der Waals surface area contributed by atoms with Crippen LogP contribution in [0.15, 0.2) is 42.5 Å². The zero-order valence-corrected chi connectivity index (χ0v) is 14.8. The van der Waals surface area contributed by atoms with Crippen molar-refractivity contribution in [1.82, 2.24) is 4.57 Å². The number of halogens is 1. The average Bonchev–Trinajstić information content (AvgIpc) is 2.86. The number of nitrogens with zero attached hydrogens (tertiary/aromatic N) is 1. The molecule has 2 aromatic carbocycles. The Morgan fingerprint density at radius 2 is 1.84 bits per heavy atom. The molecule has 0 saturated heterocycles. The lowest BCUT2D eigenvalue weighted by Crippen LogP contribution is -2.27. The summed E-state index contributed by atoms with van der Waals surface area (Å²) in [4.78, 5) is 12.8. The third-order valence-electron chi connectivity index (χ3n) is 3.86. The van der Waals surface area contributed by atoms with Crippen LogP contribution < -0.4 is 5.46 Å². The van der Waals surface area contributed by atoms with Crippen molar-refractivity contribution in [2.45, 2.75) is 33.3 Å². The Morgan fingerprint density at radius 3 is 2.48 bits per heavy atom. The van der Waals surface area contributed by atoms with Gasteiger partial charge in [0.15, 0.2) is 0 Å². The number of hydrogen-bond donors (Lipinski definition) is 0. The van der Waals surface area contributed by atoms with Crippen LogP contribution >= 0.6 is 0 Å². The van der Waals surface area contributed by atoms with Crippen molar-refractivity contribution in [2.75, 3.05) is 0 Å². The van der Waals surface area contributed by atoms with Gasteiger partial charge >= 0.3 is 6.09 Å². The molecule has 0 fully saturated rings. The van der Waals surface area contributed by atoms with E-state index >= 15 is 0 Å². The van der Waals surface area contributed by atoms with Crippen molar-refractivity contribution in [2.24, 2.45) is 0 Å². The van der Waals surface area contributed by atoms with Gasteiger partial charge in [-0.2, -0.15) is 0 Å². The van der Waals surface area contributed by atoms with Crippen LogP contribution in [0.4, 0.5) is 9.18 Å². The zero-order chi connectivity index (χ0) is 18.4. The first-order chi connectivity index (χ1) is 11.7. The topological polar surface area (TPSA) is 31.2 Å². The molecule has 2 radical (unpaired) electrons. The van der Waals surface area contributed by atoms with Crippen LogP contribution in [0.1, 0.15) is 26.3 Å². The van der Waals surface area contributed by atoms with Crippen LogP contribution in [-0.2, 0) is 4.74 Å². The van der Waals surface area contributed by atoms with E-state index in [2.05, 4.69) is 0 Å². The quantitative estimate of drug-likeness (QED) is 0.620. The van der Waals surface area contributed by atoms with E-state index in [-0.39, 0.29) is 5.82 Å². The molecule has 0 amide bonds. The SMILES string of the molecule is [B]c1ccc2c(c1)cc(-c1ccc(F)c(C)c1)n2C(=O)OC(C)(C)C. The first-order valence-corrected chi connectivity index (χ1v) is 8.06. The third-order valence-corrected chi connectivity index (χ3v) is 3.86. The van der Waals surface area contributed by atoms with Gasteiger partial charge in [0.2, 0.25) is 0 Å². The molecular formula is C20H19BFNO2. The molecule has 0 spiro atoms.